The molecule has 2 N–H and O–H groups in total. The first-order valence-corrected chi connectivity index (χ1v) is 8.39. The van der Waals surface area contributed by atoms with Gasteiger partial charge in [0.25, 0.3) is 0 Å². The number of benzene rings is 1. The Morgan fingerprint density at radius 1 is 1.30 bits per heavy atom. The highest BCUT2D eigenvalue weighted by Gasteiger charge is 2.33. The standard InChI is InChI=1S/C17H19F4N5O/c1-8(11-5-4-10(6-12(11)18)17(19,20)21)15-24-25-16(26(15)3)13-7-14(27)23-9(2)22-13/h4-6,8-9,13,22H,7H2,1-3H3,(H,23,27). The minimum absolute atomic E-state index is 0.0905. The number of aromatic nitrogens is 3. The molecular weight excluding hydrogens is 366 g/mol. The molecule has 6 nitrogen and oxygen atoms in total. The number of hydrogen-bond donors (Lipinski definition) is 2. The van der Waals surface area contributed by atoms with Gasteiger partial charge in [0.1, 0.15) is 11.6 Å². The number of carbonyl (C=O) groups excluding carboxylic acids is 1. The summed E-state index contributed by atoms with van der Waals surface area (Å²) in [6.45, 7) is 3.44. The lowest BCUT2D eigenvalue weighted by Crippen LogP contribution is -2.51. The van der Waals surface area contributed by atoms with Crippen molar-refractivity contribution in [2.45, 2.75) is 44.6 Å². The number of alkyl halides is 3. The predicted octanol–water partition coefficient (Wildman–Crippen LogP) is 2.62. The fraction of sp³-hybridized carbons (Fsp3) is 0.471. The Bertz CT molecular complexity index is 863. The van der Waals surface area contributed by atoms with E-state index < -0.39 is 23.5 Å². The van der Waals surface area contributed by atoms with Crippen LogP contribution in [0, 0.1) is 5.82 Å². The van der Waals surface area contributed by atoms with Crippen LogP contribution in [0.5, 0.6) is 0 Å². The van der Waals surface area contributed by atoms with Crippen LogP contribution in [-0.2, 0) is 18.0 Å². The van der Waals surface area contributed by atoms with Crippen LogP contribution in [0.15, 0.2) is 18.2 Å². The molecule has 146 valence electrons. The second-order valence-electron chi connectivity index (χ2n) is 6.64. The Morgan fingerprint density at radius 3 is 2.59 bits per heavy atom. The SMILES string of the molecule is CC1NC(=O)CC(c2nnc(C(C)c3ccc(C(F)(F)F)cc3F)n2C)N1. The Morgan fingerprint density at radius 2 is 2.00 bits per heavy atom. The van der Waals surface area contributed by atoms with E-state index in [-0.39, 0.29) is 30.1 Å². The van der Waals surface area contributed by atoms with Crippen molar-refractivity contribution >= 4 is 5.91 Å². The summed E-state index contributed by atoms with van der Waals surface area (Å²) in [6, 6.07) is 2.09. The Balaban J connectivity index is 1.89. The van der Waals surface area contributed by atoms with Crippen molar-refractivity contribution in [1.82, 2.24) is 25.4 Å². The Hall–Kier alpha value is -2.49. The molecule has 3 rings (SSSR count). The second-order valence-corrected chi connectivity index (χ2v) is 6.64. The number of nitrogens with one attached hydrogen (secondary N) is 2. The molecule has 3 unspecified atom stereocenters. The van der Waals surface area contributed by atoms with Gasteiger partial charge in [0.15, 0.2) is 5.82 Å². The molecule has 0 radical (unpaired) electrons. The van der Waals surface area contributed by atoms with Gasteiger partial charge in [0, 0.05) is 19.4 Å². The first-order chi connectivity index (χ1) is 12.6. The quantitative estimate of drug-likeness (QED) is 0.797. The second kappa shape index (κ2) is 6.91. The van der Waals surface area contributed by atoms with Crippen molar-refractivity contribution in [2.75, 3.05) is 0 Å². The average Bonchev–Trinajstić information content (AvgIpc) is 2.94. The third-order valence-electron chi connectivity index (χ3n) is 4.65. The molecule has 10 heteroatoms. The molecule has 1 aromatic carbocycles. The highest BCUT2D eigenvalue weighted by molar-refractivity contribution is 5.77. The van der Waals surface area contributed by atoms with Crippen LogP contribution in [0.3, 0.4) is 0 Å². The van der Waals surface area contributed by atoms with Crippen molar-refractivity contribution in [3.05, 3.63) is 46.8 Å². The van der Waals surface area contributed by atoms with Crippen molar-refractivity contribution in [3.63, 3.8) is 0 Å². The van der Waals surface area contributed by atoms with E-state index in [1.165, 1.54) is 0 Å². The molecule has 3 atom stereocenters. The summed E-state index contributed by atoms with van der Waals surface area (Å²) in [5.41, 5.74) is -0.950. The van der Waals surface area contributed by atoms with Crippen molar-refractivity contribution in [3.8, 4) is 0 Å². The lowest BCUT2D eigenvalue weighted by atomic mass is 9.98. The van der Waals surface area contributed by atoms with Gasteiger partial charge < -0.3 is 9.88 Å². The first-order valence-electron chi connectivity index (χ1n) is 8.39. The minimum Gasteiger partial charge on any atom is -0.341 e. The number of amides is 1. The molecule has 1 aliphatic rings. The van der Waals surface area contributed by atoms with Gasteiger partial charge in [-0.05, 0) is 24.6 Å². The summed E-state index contributed by atoms with van der Waals surface area (Å²) in [7, 11) is 1.68. The zero-order chi connectivity index (χ0) is 19.9. The van der Waals surface area contributed by atoms with Gasteiger partial charge >= 0.3 is 6.18 Å². The molecule has 2 heterocycles. The topological polar surface area (TPSA) is 71.8 Å². The Kier molecular flexibility index (Phi) is 4.94. The molecule has 1 aliphatic heterocycles. The molecule has 0 bridgehead atoms. The maximum Gasteiger partial charge on any atom is 0.416 e. The largest absolute Gasteiger partial charge is 0.416 e. The molecule has 27 heavy (non-hydrogen) atoms. The summed E-state index contributed by atoms with van der Waals surface area (Å²) in [6.07, 6.45) is -4.66. The summed E-state index contributed by atoms with van der Waals surface area (Å²) >= 11 is 0. The van der Waals surface area contributed by atoms with E-state index in [0.29, 0.717) is 17.7 Å². The summed E-state index contributed by atoms with van der Waals surface area (Å²) in [4.78, 5) is 11.7. The van der Waals surface area contributed by atoms with Crippen LogP contribution in [0.4, 0.5) is 17.6 Å². The van der Waals surface area contributed by atoms with Gasteiger partial charge in [-0.15, -0.1) is 10.2 Å². The molecule has 0 aliphatic carbocycles. The number of hydrogen-bond acceptors (Lipinski definition) is 4. The lowest BCUT2D eigenvalue weighted by molar-refractivity contribution is -0.137. The van der Waals surface area contributed by atoms with E-state index in [4.69, 9.17) is 0 Å². The first kappa shape index (κ1) is 19.3. The lowest BCUT2D eigenvalue weighted by Gasteiger charge is -2.28. The number of carbonyl (C=O) groups is 1. The van der Waals surface area contributed by atoms with Gasteiger partial charge in [-0.25, -0.2) is 4.39 Å². The van der Waals surface area contributed by atoms with E-state index in [1.807, 2.05) is 0 Å². The fourth-order valence-corrected chi connectivity index (χ4v) is 3.28. The van der Waals surface area contributed by atoms with Crippen molar-refractivity contribution < 1.29 is 22.4 Å². The number of rotatable bonds is 3. The zero-order valence-corrected chi connectivity index (χ0v) is 14.9. The highest BCUT2D eigenvalue weighted by atomic mass is 19.4. The summed E-state index contributed by atoms with van der Waals surface area (Å²) in [5, 5.41) is 14.1. The van der Waals surface area contributed by atoms with Crippen LogP contribution in [-0.4, -0.2) is 26.8 Å². The van der Waals surface area contributed by atoms with Crippen LogP contribution in [0.2, 0.25) is 0 Å². The van der Waals surface area contributed by atoms with E-state index >= 15 is 0 Å². The maximum atomic E-state index is 14.3. The van der Waals surface area contributed by atoms with Crippen LogP contribution in [0.25, 0.3) is 0 Å². The van der Waals surface area contributed by atoms with E-state index in [1.54, 1.807) is 25.5 Å². The zero-order valence-electron chi connectivity index (χ0n) is 14.9. The smallest absolute Gasteiger partial charge is 0.341 e. The minimum atomic E-state index is -4.61. The van der Waals surface area contributed by atoms with Crippen LogP contribution >= 0.6 is 0 Å². The van der Waals surface area contributed by atoms with Gasteiger partial charge in [-0.2, -0.15) is 13.2 Å². The Labute approximate surface area is 153 Å². The maximum absolute atomic E-state index is 14.3. The number of nitrogens with zero attached hydrogens (tertiary/aromatic N) is 3. The van der Waals surface area contributed by atoms with Crippen molar-refractivity contribution in [1.29, 1.82) is 0 Å². The molecule has 0 spiro atoms. The molecular formula is C17H19F4N5O. The molecule has 0 saturated carbocycles. The van der Waals surface area contributed by atoms with Crippen LogP contribution in [0.1, 0.15) is 55.0 Å². The monoisotopic (exact) mass is 385 g/mol. The molecule has 1 amide bonds. The van der Waals surface area contributed by atoms with E-state index in [9.17, 15) is 22.4 Å². The average molecular weight is 385 g/mol. The number of halogens is 4. The third kappa shape index (κ3) is 3.80. The normalized spacial score (nSPS) is 21.8. The van der Waals surface area contributed by atoms with Crippen molar-refractivity contribution in [2.24, 2.45) is 7.05 Å². The summed E-state index contributed by atoms with van der Waals surface area (Å²) in [5.74, 6) is -0.799. The molecule has 1 fully saturated rings. The third-order valence-corrected chi connectivity index (χ3v) is 4.65. The molecule has 1 aromatic heterocycles. The predicted molar refractivity (Wildman–Crippen MR) is 88.0 cm³/mol. The van der Waals surface area contributed by atoms with Crippen LogP contribution < -0.4 is 10.6 Å². The molecule has 2 aromatic rings. The highest BCUT2D eigenvalue weighted by Crippen LogP contribution is 2.33. The van der Waals surface area contributed by atoms with E-state index in [0.717, 1.165) is 12.1 Å². The van der Waals surface area contributed by atoms with Gasteiger partial charge in [0.2, 0.25) is 5.91 Å². The van der Waals surface area contributed by atoms with Gasteiger partial charge in [0.05, 0.1) is 17.8 Å². The molecule has 1 saturated heterocycles. The van der Waals surface area contributed by atoms with Gasteiger partial charge in [-0.3, -0.25) is 10.1 Å². The fourth-order valence-electron chi connectivity index (χ4n) is 3.28. The summed E-state index contributed by atoms with van der Waals surface area (Å²) < 4.78 is 54.1. The van der Waals surface area contributed by atoms with Gasteiger partial charge in [-0.1, -0.05) is 13.0 Å². The van der Waals surface area contributed by atoms with E-state index in [2.05, 4.69) is 20.8 Å².